The van der Waals surface area contributed by atoms with Gasteiger partial charge in [0.05, 0.1) is 19.9 Å². The van der Waals surface area contributed by atoms with Crippen molar-refractivity contribution < 1.29 is 5.11 Å². The summed E-state index contributed by atoms with van der Waals surface area (Å²) in [7, 11) is 0. The van der Waals surface area contributed by atoms with Crippen molar-refractivity contribution in [2.45, 2.75) is 13.8 Å². The van der Waals surface area contributed by atoms with Gasteiger partial charge in [-0.25, -0.2) is 0 Å². The minimum absolute atomic E-state index is 0.150. The zero-order valence-electron chi connectivity index (χ0n) is 13.7. The van der Waals surface area contributed by atoms with Crippen molar-refractivity contribution in [1.29, 1.82) is 0 Å². The first-order chi connectivity index (χ1) is 11.2. The van der Waals surface area contributed by atoms with Gasteiger partial charge in [-0.2, -0.15) is 0 Å². The van der Waals surface area contributed by atoms with Gasteiger partial charge >= 0.3 is 0 Å². The number of aliphatic imine (C=N–C) groups is 1. The number of aryl methyl sites for hydroxylation is 2. The van der Waals surface area contributed by atoms with E-state index in [1.165, 1.54) is 16.8 Å². The number of nitrogens with zero attached hydrogens (tertiary/aromatic N) is 3. The SMILES string of the molecule is Cc1ccc(C)c(N2CN(CCO)CN=C2c2ccccc2)c1. The van der Waals surface area contributed by atoms with Crippen LogP contribution < -0.4 is 4.90 Å². The highest BCUT2D eigenvalue weighted by molar-refractivity contribution is 6.10. The van der Waals surface area contributed by atoms with E-state index in [1.807, 2.05) is 18.2 Å². The first-order valence-electron chi connectivity index (χ1n) is 7.97. The molecule has 0 aliphatic carbocycles. The fourth-order valence-electron chi connectivity index (χ4n) is 2.88. The summed E-state index contributed by atoms with van der Waals surface area (Å²) >= 11 is 0. The number of aliphatic hydroxyl groups is 1. The number of benzene rings is 2. The van der Waals surface area contributed by atoms with E-state index in [0.717, 1.165) is 18.1 Å². The molecule has 0 bridgehead atoms. The zero-order valence-corrected chi connectivity index (χ0v) is 13.7. The predicted molar refractivity (Wildman–Crippen MR) is 94.9 cm³/mol. The van der Waals surface area contributed by atoms with Crippen molar-refractivity contribution in [1.82, 2.24) is 4.90 Å². The zero-order chi connectivity index (χ0) is 16.2. The van der Waals surface area contributed by atoms with Crippen molar-refractivity contribution in [3.05, 3.63) is 65.2 Å². The molecule has 0 aromatic heterocycles. The van der Waals surface area contributed by atoms with Gasteiger partial charge in [0, 0.05) is 17.8 Å². The Morgan fingerprint density at radius 1 is 1.09 bits per heavy atom. The molecule has 4 heteroatoms. The average Bonchev–Trinajstić information content (AvgIpc) is 2.58. The Balaban J connectivity index is 2.03. The molecule has 0 saturated carbocycles. The summed E-state index contributed by atoms with van der Waals surface area (Å²) in [4.78, 5) is 9.18. The Hall–Kier alpha value is -2.17. The van der Waals surface area contributed by atoms with Crippen LogP contribution in [0, 0.1) is 13.8 Å². The molecule has 0 fully saturated rings. The second kappa shape index (κ2) is 6.94. The van der Waals surface area contributed by atoms with E-state index < -0.39 is 0 Å². The third kappa shape index (κ3) is 3.44. The molecule has 0 saturated heterocycles. The van der Waals surface area contributed by atoms with Crippen LogP contribution in [-0.2, 0) is 0 Å². The Bertz CT molecular complexity index is 697. The molecule has 0 atom stereocenters. The van der Waals surface area contributed by atoms with Crippen LogP contribution in [0.15, 0.2) is 53.5 Å². The Morgan fingerprint density at radius 3 is 2.61 bits per heavy atom. The maximum Gasteiger partial charge on any atom is 0.137 e. The third-order valence-corrected chi connectivity index (χ3v) is 4.12. The van der Waals surface area contributed by atoms with E-state index in [4.69, 9.17) is 4.99 Å². The van der Waals surface area contributed by atoms with Gasteiger partial charge in [0.1, 0.15) is 5.84 Å². The van der Waals surface area contributed by atoms with E-state index in [9.17, 15) is 5.11 Å². The molecule has 23 heavy (non-hydrogen) atoms. The Morgan fingerprint density at radius 2 is 1.87 bits per heavy atom. The maximum atomic E-state index is 9.25. The number of hydrogen-bond donors (Lipinski definition) is 1. The summed E-state index contributed by atoms with van der Waals surface area (Å²) in [6.07, 6.45) is 0. The lowest BCUT2D eigenvalue weighted by Crippen LogP contribution is -2.47. The second-order valence-corrected chi connectivity index (χ2v) is 5.97. The van der Waals surface area contributed by atoms with E-state index in [2.05, 4.69) is 54.0 Å². The molecule has 0 amide bonds. The molecule has 3 rings (SSSR count). The normalized spacial score (nSPS) is 15.6. The quantitative estimate of drug-likeness (QED) is 0.944. The van der Waals surface area contributed by atoms with Crippen LogP contribution >= 0.6 is 0 Å². The van der Waals surface area contributed by atoms with E-state index >= 15 is 0 Å². The molecule has 2 aromatic rings. The highest BCUT2D eigenvalue weighted by Gasteiger charge is 2.24. The lowest BCUT2D eigenvalue weighted by atomic mass is 10.1. The lowest BCUT2D eigenvalue weighted by molar-refractivity contribution is 0.199. The molecule has 1 aliphatic rings. The van der Waals surface area contributed by atoms with Gasteiger partial charge in [-0.05, 0) is 31.0 Å². The molecular weight excluding hydrogens is 286 g/mol. The Labute approximate surface area is 137 Å². The average molecular weight is 309 g/mol. The largest absolute Gasteiger partial charge is 0.395 e. The van der Waals surface area contributed by atoms with Gasteiger partial charge in [0.15, 0.2) is 0 Å². The number of aliphatic hydroxyl groups excluding tert-OH is 1. The summed E-state index contributed by atoms with van der Waals surface area (Å²) in [5, 5.41) is 9.25. The third-order valence-electron chi connectivity index (χ3n) is 4.12. The summed E-state index contributed by atoms with van der Waals surface area (Å²) in [6.45, 7) is 6.37. The highest BCUT2D eigenvalue weighted by atomic mass is 16.3. The fourth-order valence-corrected chi connectivity index (χ4v) is 2.88. The molecule has 4 nitrogen and oxygen atoms in total. The molecule has 1 heterocycles. The fraction of sp³-hybridized carbons (Fsp3) is 0.316. The molecular formula is C19H23N3O. The van der Waals surface area contributed by atoms with Crippen molar-refractivity contribution in [2.75, 3.05) is 31.4 Å². The van der Waals surface area contributed by atoms with Crippen LogP contribution in [0.25, 0.3) is 0 Å². The minimum Gasteiger partial charge on any atom is -0.395 e. The number of rotatable bonds is 4. The standard InChI is InChI=1S/C19H23N3O/c1-15-8-9-16(2)18(12-15)22-14-21(10-11-23)13-20-19(22)17-6-4-3-5-7-17/h3-9,12,23H,10-11,13-14H2,1-2H3. The van der Waals surface area contributed by atoms with Crippen molar-refractivity contribution >= 4 is 11.5 Å². The van der Waals surface area contributed by atoms with Crippen LogP contribution in [-0.4, -0.2) is 42.3 Å². The van der Waals surface area contributed by atoms with Gasteiger partial charge in [-0.3, -0.25) is 9.89 Å². The van der Waals surface area contributed by atoms with Gasteiger partial charge in [0.25, 0.3) is 0 Å². The predicted octanol–water partition coefficient (Wildman–Crippen LogP) is 2.78. The number of β-amino-alcohol motifs (C(OH)–C–C–N with tert-alkyl or cyclic N) is 1. The van der Waals surface area contributed by atoms with Crippen LogP contribution in [0.3, 0.4) is 0 Å². The van der Waals surface area contributed by atoms with Gasteiger partial charge in [0.2, 0.25) is 0 Å². The van der Waals surface area contributed by atoms with Crippen LogP contribution in [0.2, 0.25) is 0 Å². The van der Waals surface area contributed by atoms with Gasteiger partial charge < -0.3 is 10.0 Å². The monoisotopic (exact) mass is 309 g/mol. The van der Waals surface area contributed by atoms with Crippen LogP contribution in [0.4, 0.5) is 5.69 Å². The summed E-state index contributed by atoms with van der Waals surface area (Å²) in [5.74, 6) is 0.994. The van der Waals surface area contributed by atoms with Crippen molar-refractivity contribution in [3.63, 3.8) is 0 Å². The first kappa shape index (κ1) is 15.7. The molecule has 1 aliphatic heterocycles. The van der Waals surface area contributed by atoms with Gasteiger partial charge in [-0.1, -0.05) is 42.5 Å². The molecule has 0 spiro atoms. The van der Waals surface area contributed by atoms with Crippen molar-refractivity contribution in [3.8, 4) is 0 Å². The maximum absolute atomic E-state index is 9.25. The molecule has 0 unspecified atom stereocenters. The molecule has 1 N–H and O–H groups in total. The summed E-state index contributed by atoms with van der Waals surface area (Å²) in [6, 6.07) is 16.8. The minimum atomic E-state index is 0.150. The number of hydrogen-bond acceptors (Lipinski definition) is 4. The first-order valence-corrected chi connectivity index (χ1v) is 7.97. The van der Waals surface area contributed by atoms with Crippen LogP contribution in [0.5, 0.6) is 0 Å². The molecule has 2 aromatic carbocycles. The highest BCUT2D eigenvalue weighted by Crippen LogP contribution is 2.26. The number of anilines is 1. The van der Waals surface area contributed by atoms with E-state index in [1.54, 1.807) is 0 Å². The van der Waals surface area contributed by atoms with E-state index in [0.29, 0.717) is 13.2 Å². The molecule has 120 valence electrons. The number of amidine groups is 1. The smallest absolute Gasteiger partial charge is 0.137 e. The molecule has 0 radical (unpaired) electrons. The lowest BCUT2D eigenvalue weighted by Gasteiger charge is -2.37. The van der Waals surface area contributed by atoms with E-state index in [-0.39, 0.29) is 6.61 Å². The summed E-state index contributed by atoms with van der Waals surface area (Å²) in [5.41, 5.74) is 4.76. The van der Waals surface area contributed by atoms with Crippen molar-refractivity contribution in [2.24, 2.45) is 4.99 Å². The van der Waals surface area contributed by atoms with Gasteiger partial charge in [-0.15, -0.1) is 0 Å². The Kier molecular flexibility index (Phi) is 4.74. The van der Waals surface area contributed by atoms with Crippen LogP contribution in [0.1, 0.15) is 16.7 Å². The summed E-state index contributed by atoms with van der Waals surface area (Å²) < 4.78 is 0. The topological polar surface area (TPSA) is 39.1 Å². The second-order valence-electron chi connectivity index (χ2n) is 5.97.